The van der Waals surface area contributed by atoms with Gasteiger partial charge in [-0.25, -0.2) is 0 Å². The Bertz CT molecular complexity index is 1030. The molecule has 0 unspecified atom stereocenters. The molecule has 2 aromatic carbocycles. The Morgan fingerprint density at radius 1 is 0.800 bits per heavy atom. The summed E-state index contributed by atoms with van der Waals surface area (Å²) in [5.74, 6) is 0. The normalized spacial score (nSPS) is 15.1. The van der Waals surface area contributed by atoms with Crippen LogP contribution in [0.4, 0.5) is 0 Å². The average Bonchev–Trinajstić information content (AvgIpc) is 3.45. The van der Waals surface area contributed by atoms with Crippen LogP contribution in [0, 0.1) is 0 Å². The van der Waals surface area contributed by atoms with Gasteiger partial charge in [-0.05, 0) is 0 Å². The minimum Gasteiger partial charge on any atom is -1.00 e. The molecule has 30 heavy (non-hydrogen) atoms. The van der Waals surface area contributed by atoms with E-state index in [1.807, 2.05) is 0 Å². The molecule has 0 saturated heterocycles. The molecule has 0 nitrogen and oxygen atoms in total. The van der Waals surface area contributed by atoms with Crippen molar-refractivity contribution in [3.63, 3.8) is 0 Å². The maximum absolute atomic E-state index is 5.35. The zero-order chi connectivity index (χ0) is 19.6. The van der Waals surface area contributed by atoms with E-state index in [1.165, 1.54) is 6.54 Å². The first-order chi connectivity index (χ1) is 13.6. The number of benzene rings is 2. The monoisotopic (exact) mass is 514 g/mol. The molecule has 0 saturated carbocycles. The van der Waals surface area contributed by atoms with Crippen molar-refractivity contribution >= 4 is 10.8 Å². The van der Waals surface area contributed by atoms with Gasteiger partial charge in [-0.3, -0.25) is 0 Å². The molecule has 0 radical (unpaired) electrons. The summed E-state index contributed by atoms with van der Waals surface area (Å²) < 4.78 is 11.5. The van der Waals surface area contributed by atoms with E-state index < -0.39 is 18.3 Å². The first-order valence-electron chi connectivity index (χ1n) is 10.5. The molecule has 0 spiro atoms. The summed E-state index contributed by atoms with van der Waals surface area (Å²) >= 11 is -4.17. The smallest absolute Gasteiger partial charge is 1.00 e. The van der Waals surface area contributed by atoms with Crippen LogP contribution < -0.4 is 31.4 Å². The molecule has 0 fully saturated rings. The van der Waals surface area contributed by atoms with Gasteiger partial charge in [0.15, 0.2) is 0 Å². The Kier molecular flexibility index (Phi) is 8.25. The molecule has 2 aromatic rings. The number of hydrogen-bond donors (Lipinski definition) is 0. The van der Waals surface area contributed by atoms with Crippen LogP contribution in [0.15, 0.2) is 103 Å². The summed E-state index contributed by atoms with van der Waals surface area (Å²) in [5.41, 5.74) is 3.15. The molecule has 0 amide bonds. The van der Waals surface area contributed by atoms with Crippen molar-refractivity contribution in [2.45, 2.75) is 39.5 Å². The summed E-state index contributed by atoms with van der Waals surface area (Å²) in [6.45, 7) is 4.59. The Labute approximate surface area is 194 Å². The first kappa shape index (κ1) is 25.0. The molecule has 0 heterocycles. The Hall–Kier alpha value is -1.27. The molecule has 0 aromatic heterocycles. The molecule has 3 heteroatoms. The number of allylic oxidation sites excluding steroid dienone is 8. The molecule has 0 N–H and O–H groups in total. The van der Waals surface area contributed by atoms with Crippen molar-refractivity contribution in [3.8, 4) is 0 Å². The van der Waals surface area contributed by atoms with Crippen LogP contribution in [-0.2, 0) is 18.3 Å². The summed E-state index contributed by atoms with van der Waals surface area (Å²) in [7, 11) is 0. The quantitative estimate of drug-likeness (QED) is 0.508. The fourth-order valence-corrected chi connectivity index (χ4v) is 20.6. The van der Waals surface area contributed by atoms with E-state index in [2.05, 4.69) is 98.8 Å². The maximum atomic E-state index is 5.35. The van der Waals surface area contributed by atoms with Crippen LogP contribution in [0.5, 0.6) is 0 Å². The third-order valence-electron chi connectivity index (χ3n) is 7.02. The Morgan fingerprint density at radius 3 is 1.77 bits per heavy atom. The van der Waals surface area contributed by atoms with Gasteiger partial charge in [0, 0.05) is 0 Å². The molecule has 0 bridgehead atoms. The van der Waals surface area contributed by atoms with E-state index in [0.29, 0.717) is 0 Å². The minimum absolute atomic E-state index is 0. The standard InChI is InChI=1S/C9H13.2C6H5.C5H5.CH2.2ClH.Zr/c1-3-8-6-5-7-9(8)4-2;2*1-2-4-6-5-3-1;1-2-4-5-3-1;;;;/h6H,3-4,7H2,1-2H3;2*1-5H;1-3H,4H2;1H2;2*1H;/q;;;;;;;+2/p-2. The fourth-order valence-electron chi connectivity index (χ4n) is 5.35. The molecule has 0 atom stereocenters. The molecule has 2 aliphatic rings. The van der Waals surface area contributed by atoms with E-state index in [1.54, 1.807) is 17.7 Å². The van der Waals surface area contributed by atoms with Gasteiger partial charge in [-0.2, -0.15) is 0 Å². The molecule has 4 rings (SSSR count). The summed E-state index contributed by atoms with van der Waals surface area (Å²) in [6.07, 6.45) is 13.8. The van der Waals surface area contributed by atoms with Gasteiger partial charge >= 0.3 is 171 Å². The molecular formula is C27H30Cl2Zr. The van der Waals surface area contributed by atoms with Gasteiger partial charge < -0.3 is 24.8 Å². The summed E-state index contributed by atoms with van der Waals surface area (Å²) in [6, 6.07) is 22.4. The van der Waals surface area contributed by atoms with E-state index in [-0.39, 0.29) is 24.8 Å². The van der Waals surface area contributed by atoms with E-state index in [9.17, 15) is 0 Å². The van der Waals surface area contributed by atoms with Crippen molar-refractivity contribution in [1.29, 1.82) is 0 Å². The number of rotatable bonds is 6. The van der Waals surface area contributed by atoms with Gasteiger partial charge in [0.25, 0.3) is 0 Å². The molecule has 156 valence electrons. The second-order valence-corrected chi connectivity index (χ2v) is 21.4. The third kappa shape index (κ3) is 3.64. The van der Waals surface area contributed by atoms with Crippen molar-refractivity contribution in [1.82, 2.24) is 0 Å². The van der Waals surface area contributed by atoms with Gasteiger partial charge in [0.2, 0.25) is 0 Å². The topological polar surface area (TPSA) is 0 Å². The molecule has 2 aliphatic carbocycles. The van der Waals surface area contributed by atoms with Crippen LogP contribution in [0.2, 0.25) is 0 Å². The van der Waals surface area contributed by atoms with Crippen LogP contribution in [-0.4, -0.2) is 4.21 Å². The Balaban J connectivity index is 0.00000160. The predicted molar refractivity (Wildman–Crippen MR) is 121 cm³/mol. The van der Waals surface area contributed by atoms with E-state index in [4.69, 9.17) is 4.21 Å². The zero-order valence-electron chi connectivity index (χ0n) is 17.9. The minimum atomic E-state index is -4.17. The van der Waals surface area contributed by atoms with Crippen molar-refractivity contribution in [2.75, 3.05) is 0 Å². The van der Waals surface area contributed by atoms with Crippen molar-refractivity contribution in [3.05, 3.63) is 103 Å². The largest absolute Gasteiger partial charge is 1.00 e. The van der Waals surface area contributed by atoms with Crippen LogP contribution in [0.25, 0.3) is 0 Å². The van der Waals surface area contributed by atoms with Gasteiger partial charge in [-0.15, -0.1) is 0 Å². The van der Waals surface area contributed by atoms with Gasteiger partial charge in [0.05, 0.1) is 0 Å². The van der Waals surface area contributed by atoms with Gasteiger partial charge in [0.1, 0.15) is 0 Å². The zero-order valence-corrected chi connectivity index (χ0v) is 21.8. The van der Waals surface area contributed by atoms with Crippen molar-refractivity contribution in [2.24, 2.45) is 0 Å². The van der Waals surface area contributed by atoms with Crippen LogP contribution >= 0.6 is 0 Å². The second-order valence-electron chi connectivity index (χ2n) is 8.20. The fraction of sp³-hybridized carbons (Fsp3) is 0.222. The molecule has 0 aliphatic heterocycles. The number of halogens is 2. The first-order valence-corrected chi connectivity index (χ1v) is 17.2. The maximum Gasteiger partial charge on any atom is -1.00 e. The molecular weight excluding hydrogens is 486 g/mol. The summed E-state index contributed by atoms with van der Waals surface area (Å²) in [5, 5.41) is 0. The van der Waals surface area contributed by atoms with E-state index >= 15 is 0 Å². The van der Waals surface area contributed by atoms with Gasteiger partial charge in [-0.1, -0.05) is 0 Å². The average molecular weight is 517 g/mol. The summed E-state index contributed by atoms with van der Waals surface area (Å²) in [4.78, 5) is 0. The number of hydrogen-bond acceptors (Lipinski definition) is 0. The second kappa shape index (κ2) is 9.90. The SMILES string of the molecule is [CH2]=[Zr+2]([C]1=CC=CC1)([C]1=CC(CC)=C(CC)C1)([c]1ccccc1)[c]1ccccc1.[Cl-].[Cl-]. The van der Waals surface area contributed by atoms with Crippen LogP contribution in [0.1, 0.15) is 39.5 Å². The van der Waals surface area contributed by atoms with Crippen LogP contribution in [0.3, 0.4) is 0 Å². The third-order valence-corrected chi connectivity index (χ3v) is 23.6. The predicted octanol–water partition coefficient (Wildman–Crippen LogP) is 0.0150. The van der Waals surface area contributed by atoms with E-state index in [0.717, 1.165) is 25.7 Å². The van der Waals surface area contributed by atoms with Crippen molar-refractivity contribution < 1.29 is 43.1 Å². The Morgan fingerprint density at radius 2 is 1.37 bits per heavy atom.